The fraction of sp³-hybridized carbons (Fsp3) is 0.929. The highest BCUT2D eigenvalue weighted by Gasteiger charge is 2.38. The van der Waals surface area contributed by atoms with Crippen molar-refractivity contribution < 1.29 is 9.90 Å². The number of amides is 2. The molecular weight excluding hydrogens is 242 g/mol. The van der Waals surface area contributed by atoms with E-state index in [-0.39, 0.29) is 24.1 Å². The first kappa shape index (κ1) is 16.2. The van der Waals surface area contributed by atoms with Crippen LogP contribution >= 0.6 is 0 Å². The third-order valence-corrected chi connectivity index (χ3v) is 4.36. The lowest BCUT2D eigenvalue weighted by Gasteiger charge is -2.30. The molecule has 0 saturated heterocycles. The van der Waals surface area contributed by atoms with E-state index in [0.717, 1.165) is 38.9 Å². The van der Waals surface area contributed by atoms with Crippen LogP contribution in [0.3, 0.4) is 0 Å². The van der Waals surface area contributed by atoms with Gasteiger partial charge in [-0.25, -0.2) is 4.79 Å². The second kappa shape index (κ2) is 7.70. The molecule has 2 unspecified atom stereocenters. The van der Waals surface area contributed by atoms with Gasteiger partial charge in [-0.1, -0.05) is 27.2 Å². The highest BCUT2D eigenvalue weighted by molar-refractivity contribution is 5.74. The minimum atomic E-state index is -0.157. The lowest BCUT2D eigenvalue weighted by Crippen LogP contribution is -2.49. The maximum Gasteiger partial charge on any atom is 0.315 e. The molecule has 0 aromatic heterocycles. The Labute approximate surface area is 116 Å². The molecule has 1 saturated carbocycles. The van der Waals surface area contributed by atoms with Crippen molar-refractivity contribution in [3.8, 4) is 0 Å². The Morgan fingerprint density at radius 3 is 2.68 bits per heavy atom. The second-order valence-electron chi connectivity index (χ2n) is 5.68. The van der Waals surface area contributed by atoms with Crippen LogP contribution in [-0.4, -0.2) is 54.9 Å². The van der Waals surface area contributed by atoms with E-state index in [1.54, 1.807) is 0 Å². The topological polar surface area (TPSA) is 64.6 Å². The zero-order valence-corrected chi connectivity index (χ0v) is 12.5. The molecule has 0 spiro atoms. The van der Waals surface area contributed by atoms with Gasteiger partial charge in [-0.2, -0.15) is 0 Å². The van der Waals surface area contributed by atoms with Crippen molar-refractivity contribution in [3.05, 3.63) is 0 Å². The lowest BCUT2D eigenvalue weighted by atomic mass is 9.86. The van der Waals surface area contributed by atoms with Gasteiger partial charge in [0.2, 0.25) is 0 Å². The van der Waals surface area contributed by atoms with Crippen LogP contribution in [0.5, 0.6) is 0 Å². The summed E-state index contributed by atoms with van der Waals surface area (Å²) in [6, 6.07) is -0.0234. The van der Waals surface area contributed by atoms with E-state index in [4.69, 9.17) is 0 Å². The van der Waals surface area contributed by atoms with Gasteiger partial charge in [-0.05, 0) is 25.9 Å². The number of nitrogens with zero attached hydrogens (tertiary/aromatic N) is 1. The van der Waals surface area contributed by atoms with Crippen LogP contribution in [0.2, 0.25) is 0 Å². The van der Waals surface area contributed by atoms with Crippen LogP contribution < -0.4 is 10.6 Å². The standard InChI is InChI=1S/C14H29N3O2/c1-4-17(5-2)10-9-15-13(19)16-12-7-6-8-14(12,3)11-18/h12,18H,4-11H2,1-3H3,(H2,15,16,19). The summed E-state index contributed by atoms with van der Waals surface area (Å²) < 4.78 is 0. The summed E-state index contributed by atoms with van der Waals surface area (Å²) in [6.07, 6.45) is 3.01. The summed E-state index contributed by atoms with van der Waals surface area (Å²) in [5.74, 6) is 0. The van der Waals surface area contributed by atoms with Gasteiger partial charge in [0.1, 0.15) is 0 Å². The SMILES string of the molecule is CCN(CC)CCNC(=O)NC1CCCC1(C)CO. The zero-order valence-electron chi connectivity index (χ0n) is 12.5. The molecule has 1 fully saturated rings. The van der Waals surface area contributed by atoms with Crippen LogP contribution in [0.25, 0.3) is 0 Å². The Morgan fingerprint density at radius 2 is 2.11 bits per heavy atom. The number of hydrogen-bond acceptors (Lipinski definition) is 3. The number of carbonyl (C=O) groups is 1. The number of nitrogens with one attached hydrogen (secondary N) is 2. The molecule has 1 rings (SSSR count). The Hall–Kier alpha value is -0.810. The lowest BCUT2D eigenvalue weighted by molar-refractivity contribution is 0.121. The Bertz CT molecular complexity index is 282. The van der Waals surface area contributed by atoms with Crippen LogP contribution in [0, 0.1) is 5.41 Å². The van der Waals surface area contributed by atoms with Gasteiger partial charge in [0.15, 0.2) is 0 Å². The Balaban J connectivity index is 2.28. The molecule has 112 valence electrons. The fourth-order valence-corrected chi connectivity index (χ4v) is 2.75. The van der Waals surface area contributed by atoms with Crippen molar-refractivity contribution in [2.75, 3.05) is 32.8 Å². The average Bonchev–Trinajstić information content (AvgIpc) is 2.77. The summed E-state index contributed by atoms with van der Waals surface area (Å²) in [6.45, 7) is 9.97. The molecular formula is C14H29N3O2. The first-order valence-corrected chi connectivity index (χ1v) is 7.43. The second-order valence-corrected chi connectivity index (χ2v) is 5.68. The summed E-state index contributed by atoms with van der Waals surface area (Å²) in [4.78, 5) is 14.1. The van der Waals surface area contributed by atoms with Crippen molar-refractivity contribution in [3.63, 3.8) is 0 Å². The third kappa shape index (κ3) is 4.66. The zero-order chi connectivity index (χ0) is 14.3. The predicted molar refractivity (Wildman–Crippen MR) is 77.2 cm³/mol. The van der Waals surface area contributed by atoms with Gasteiger partial charge >= 0.3 is 6.03 Å². The van der Waals surface area contributed by atoms with E-state index in [2.05, 4.69) is 29.4 Å². The maximum absolute atomic E-state index is 11.8. The highest BCUT2D eigenvalue weighted by atomic mass is 16.3. The Kier molecular flexibility index (Phi) is 6.58. The van der Waals surface area contributed by atoms with Crippen molar-refractivity contribution in [2.45, 2.75) is 46.1 Å². The van der Waals surface area contributed by atoms with Crippen LogP contribution in [0.1, 0.15) is 40.0 Å². The molecule has 2 atom stereocenters. The first-order chi connectivity index (χ1) is 9.05. The van der Waals surface area contributed by atoms with Crippen molar-refractivity contribution in [1.82, 2.24) is 15.5 Å². The number of aliphatic hydroxyl groups excluding tert-OH is 1. The third-order valence-electron chi connectivity index (χ3n) is 4.36. The average molecular weight is 271 g/mol. The summed E-state index contributed by atoms with van der Waals surface area (Å²) in [5, 5.41) is 15.3. The normalized spacial score (nSPS) is 26.7. The Morgan fingerprint density at radius 1 is 1.42 bits per heavy atom. The quantitative estimate of drug-likeness (QED) is 0.651. The summed E-state index contributed by atoms with van der Waals surface area (Å²) >= 11 is 0. The van der Waals surface area contributed by atoms with Crippen molar-refractivity contribution >= 4 is 6.03 Å². The number of carbonyl (C=O) groups excluding carboxylic acids is 1. The molecule has 0 aromatic carbocycles. The number of likely N-dealkylation sites (N-methyl/N-ethyl adjacent to an activating group) is 1. The molecule has 0 bridgehead atoms. The van der Waals surface area contributed by atoms with E-state index >= 15 is 0 Å². The first-order valence-electron chi connectivity index (χ1n) is 7.43. The van der Waals surface area contributed by atoms with E-state index < -0.39 is 0 Å². The molecule has 1 aliphatic rings. The largest absolute Gasteiger partial charge is 0.396 e. The minimum absolute atomic E-state index is 0.0888. The van der Waals surface area contributed by atoms with E-state index in [1.807, 2.05) is 6.92 Å². The molecule has 5 nitrogen and oxygen atoms in total. The molecule has 1 aliphatic carbocycles. The number of urea groups is 1. The minimum Gasteiger partial charge on any atom is -0.396 e. The molecule has 0 heterocycles. The van der Waals surface area contributed by atoms with Crippen molar-refractivity contribution in [2.24, 2.45) is 5.41 Å². The summed E-state index contributed by atoms with van der Waals surface area (Å²) in [7, 11) is 0. The van der Waals surface area contributed by atoms with Gasteiger partial charge in [-0.15, -0.1) is 0 Å². The molecule has 5 heteroatoms. The number of rotatable bonds is 7. The molecule has 2 amide bonds. The van der Waals surface area contributed by atoms with Gasteiger partial charge in [-0.3, -0.25) is 0 Å². The molecule has 0 aromatic rings. The van der Waals surface area contributed by atoms with Gasteiger partial charge < -0.3 is 20.6 Å². The van der Waals surface area contributed by atoms with E-state index in [9.17, 15) is 9.90 Å². The summed E-state index contributed by atoms with van der Waals surface area (Å²) in [5.41, 5.74) is -0.157. The van der Waals surface area contributed by atoms with E-state index in [1.165, 1.54) is 0 Å². The fourth-order valence-electron chi connectivity index (χ4n) is 2.75. The highest BCUT2D eigenvalue weighted by Crippen LogP contribution is 2.37. The number of hydrogen-bond donors (Lipinski definition) is 3. The van der Waals surface area contributed by atoms with Crippen LogP contribution in [0.15, 0.2) is 0 Å². The van der Waals surface area contributed by atoms with Gasteiger partial charge in [0, 0.05) is 24.5 Å². The van der Waals surface area contributed by atoms with Crippen LogP contribution in [-0.2, 0) is 0 Å². The van der Waals surface area contributed by atoms with Gasteiger partial charge in [0.05, 0.1) is 6.61 Å². The molecule has 0 radical (unpaired) electrons. The van der Waals surface area contributed by atoms with E-state index in [0.29, 0.717) is 6.54 Å². The van der Waals surface area contributed by atoms with Crippen molar-refractivity contribution in [1.29, 1.82) is 0 Å². The monoisotopic (exact) mass is 271 g/mol. The molecule has 0 aliphatic heterocycles. The molecule has 3 N–H and O–H groups in total. The molecule has 19 heavy (non-hydrogen) atoms. The predicted octanol–water partition coefficient (Wildman–Crippen LogP) is 1.18. The van der Waals surface area contributed by atoms with Crippen LogP contribution in [0.4, 0.5) is 4.79 Å². The van der Waals surface area contributed by atoms with Gasteiger partial charge in [0.25, 0.3) is 0 Å². The maximum atomic E-state index is 11.8. The number of aliphatic hydroxyl groups is 1. The smallest absolute Gasteiger partial charge is 0.315 e.